The zero-order chi connectivity index (χ0) is 14.3. The van der Waals surface area contributed by atoms with E-state index in [-0.39, 0.29) is 5.75 Å². The van der Waals surface area contributed by atoms with Crippen LogP contribution >= 0.6 is 15.9 Å². The highest BCUT2D eigenvalue weighted by atomic mass is 79.9. The average Bonchev–Trinajstić information content (AvgIpc) is 2.84. The molecule has 5 heteroatoms. The van der Waals surface area contributed by atoms with E-state index >= 15 is 0 Å². The van der Waals surface area contributed by atoms with Crippen molar-refractivity contribution in [1.82, 2.24) is 9.97 Å². The van der Waals surface area contributed by atoms with Gasteiger partial charge in [-0.15, -0.1) is 0 Å². The summed E-state index contributed by atoms with van der Waals surface area (Å²) in [6.07, 6.45) is 0. The summed E-state index contributed by atoms with van der Waals surface area (Å²) in [5.74, 6) is 1.20. The Kier molecular flexibility index (Phi) is 3.14. The highest BCUT2D eigenvalue weighted by molar-refractivity contribution is 9.10. The Balaban J connectivity index is 2.18. The zero-order valence-electron chi connectivity index (χ0n) is 11.1. The van der Waals surface area contributed by atoms with E-state index < -0.39 is 0 Å². The highest BCUT2D eigenvalue weighted by Crippen LogP contribution is 2.40. The summed E-state index contributed by atoms with van der Waals surface area (Å²) in [5.41, 5.74) is 3.83. The fourth-order valence-corrected chi connectivity index (χ4v) is 2.66. The molecule has 0 atom stereocenters. The van der Waals surface area contributed by atoms with E-state index in [2.05, 4.69) is 25.9 Å². The van der Waals surface area contributed by atoms with Gasteiger partial charge in [0, 0.05) is 5.56 Å². The van der Waals surface area contributed by atoms with Gasteiger partial charge >= 0.3 is 0 Å². The van der Waals surface area contributed by atoms with Gasteiger partial charge in [-0.05, 0) is 52.7 Å². The maximum Gasteiger partial charge on any atom is 0.172 e. The number of imidazole rings is 1. The van der Waals surface area contributed by atoms with E-state index in [0.29, 0.717) is 16.0 Å². The molecule has 3 rings (SSSR count). The number of halogens is 1. The molecular weight excluding hydrogens is 320 g/mol. The molecule has 20 heavy (non-hydrogen) atoms. The number of rotatable bonds is 2. The van der Waals surface area contributed by atoms with Gasteiger partial charge in [-0.2, -0.15) is 0 Å². The van der Waals surface area contributed by atoms with Gasteiger partial charge in [0.05, 0.1) is 22.6 Å². The number of methoxy groups -OCH3 is 1. The number of nitrogens with zero attached hydrogens (tertiary/aromatic N) is 1. The third-order valence-electron chi connectivity index (χ3n) is 3.19. The van der Waals surface area contributed by atoms with Crippen molar-refractivity contribution < 1.29 is 9.84 Å². The number of aromatic nitrogens is 2. The van der Waals surface area contributed by atoms with Crippen LogP contribution in [-0.2, 0) is 0 Å². The van der Waals surface area contributed by atoms with Crippen LogP contribution < -0.4 is 4.74 Å². The Bertz CT molecular complexity index is 796. The molecule has 0 fully saturated rings. The number of hydrogen-bond donors (Lipinski definition) is 2. The summed E-state index contributed by atoms with van der Waals surface area (Å²) < 4.78 is 5.64. The molecule has 1 heterocycles. The van der Waals surface area contributed by atoms with Crippen molar-refractivity contribution in [2.24, 2.45) is 0 Å². The van der Waals surface area contributed by atoms with Crippen molar-refractivity contribution in [2.75, 3.05) is 7.11 Å². The molecule has 0 aliphatic carbocycles. The topological polar surface area (TPSA) is 58.1 Å². The minimum Gasteiger partial charge on any atom is -0.503 e. The molecule has 102 valence electrons. The summed E-state index contributed by atoms with van der Waals surface area (Å²) in [4.78, 5) is 7.81. The van der Waals surface area contributed by atoms with Gasteiger partial charge in [0.15, 0.2) is 11.5 Å². The van der Waals surface area contributed by atoms with Gasteiger partial charge in [-0.1, -0.05) is 6.07 Å². The molecule has 0 unspecified atom stereocenters. The molecule has 0 amide bonds. The van der Waals surface area contributed by atoms with Gasteiger partial charge in [0.1, 0.15) is 5.82 Å². The quantitative estimate of drug-likeness (QED) is 0.745. The lowest BCUT2D eigenvalue weighted by Crippen LogP contribution is -1.88. The smallest absolute Gasteiger partial charge is 0.172 e. The summed E-state index contributed by atoms with van der Waals surface area (Å²) in [6, 6.07) is 9.61. The van der Waals surface area contributed by atoms with Crippen molar-refractivity contribution >= 4 is 27.0 Å². The summed E-state index contributed by atoms with van der Waals surface area (Å²) >= 11 is 3.39. The number of hydrogen-bond acceptors (Lipinski definition) is 3. The van der Waals surface area contributed by atoms with Crippen LogP contribution in [-0.4, -0.2) is 22.2 Å². The van der Waals surface area contributed by atoms with E-state index in [0.717, 1.165) is 16.6 Å². The Hall–Kier alpha value is -2.01. The van der Waals surface area contributed by atoms with Crippen LogP contribution in [0.3, 0.4) is 0 Å². The SMILES string of the molecule is COc1ccc(-c2nc3ccc(C)cc3[nH]2)c(Br)c1O. The number of aromatic amines is 1. The van der Waals surface area contributed by atoms with Crippen LogP contribution in [0.4, 0.5) is 0 Å². The zero-order valence-corrected chi connectivity index (χ0v) is 12.7. The van der Waals surface area contributed by atoms with Crippen LogP contribution in [0, 0.1) is 6.92 Å². The third-order valence-corrected chi connectivity index (χ3v) is 3.99. The molecule has 1 aromatic heterocycles. The Morgan fingerprint density at radius 3 is 2.80 bits per heavy atom. The number of aryl methyl sites for hydroxylation is 1. The normalized spacial score (nSPS) is 10.9. The lowest BCUT2D eigenvalue weighted by atomic mass is 10.2. The fraction of sp³-hybridized carbons (Fsp3) is 0.133. The van der Waals surface area contributed by atoms with E-state index in [9.17, 15) is 5.11 Å². The first kappa shape index (κ1) is 13.0. The number of phenols is 1. The number of ether oxygens (including phenoxy) is 1. The van der Waals surface area contributed by atoms with Gasteiger partial charge in [0.25, 0.3) is 0 Å². The monoisotopic (exact) mass is 332 g/mol. The van der Waals surface area contributed by atoms with Gasteiger partial charge in [-0.3, -0.25) is 0 Å². The molecule has 3 aromatic rings. The predicted octanol–water partition coefficient (Wildman–Crippen LogP) is 4.02. The van der Waals surface area contributed by atoms with Gasteiger partial charge in [0.2, 0.25) is 0 Å². The van der Waals surface area contributed by atoms with E-state index in [4.69, 9.17) is 4.74 Å². The lowest BCUT2D eigenvalue weighted by Gasteiger charge is -2.08. The van der Waals surface area contributed by atoms with E-state index in [1.165, 1.54) is 12.7 Å². The lowest BCUT2D eigenvalue weighted by molar-refractivity contribution is 0.372. The Morgan fingerprint density at radius 1 is 1.25 bits per heavy atom. The van der Waals surface area contributed by atoms with Crippen LogP contribution in [0.1, 0.15) is 5.56 Å². The molecule has 2 N–H and O–H groups in total. The van der Waals surface area contributed by atoms with E-state index in [1.807, 2.05) is 31.2 Å². The largest absolute Gasteiger partial charge is 0.503 e. The first-order valence-electron chi connectivity index (χ1n) is 6.12. The maximum absolute atomic E-state index is 10.0. The molecule has 0 saturated heterocycles. The second-order valence-electron chi connectivity index (χ2n) is 4.58. The molecule has 2 aromatic carbocycles. The second-order valence-corrected chi connectivity index (χ2v) is 5.38. The molecule has 0 aliphatic rings. The maximum atomic E-state index is 10.0. The van der Waals surface area contributed by atoms with E-state index in [1.54, 1.807) is 6.07 Å². The first-order valence-corrected chi connectivity index (χ1v) is 6.91. The number of phenolic OH excluding ortho intramolecular Hbond substituents is 1. The number of H-pyrrole nitrogens is 1. The highest BCUT2D eigenvalue weighted by Gasteiger charge is 2.15. The average molecular weight is 333 g/mol. The minimum atomic E-state index is 0.0710. The van der Waals surface area contributed by atoms with Crippen LogP contribution in [0.25, 0.3) is 22.4 Å². The number of nitrogens with one attached hydrogen (secondary N) is 1. The Morgan fingerprint density at radius 2 is 2.05 bits per heavy atom. The molecule has 0 aliphatic heterocycles. The van der Waals surface area contributed by atoms with Crippen LogP contribution in [0.5, 0.6) is 11.5 Å². The van der Waals surface area contributed by atoms with Gasteiger partial charge in [-0.25, -0.2) is 4.98 Å². The standard InChI is InChI=1S/C15H13BrN2O2/c1-8-3-5-10-11(7-8)18-15(17-10)9-4-6-12(20-2)14(19)13(9)16/h3-7,19H,1-2H3,(H,17,18). The molecule has 0 saturated carbocycles. The number of benzene rings is 2. The summed E-state index contributed by atoms with van der Waals surface area (Å²) in [6.45, 7) is 2.04. The van der Waals surface area contributed by atoms with Crippen LogP contribution in [0.2, 0.25) is 0 Å². The molecular formula is C15H13BrN2O2. The van der Waals surface area contributed by atoms with Crippen molar-refractivity contribution in [3.63, 3.8) is 0 Å². The first-order chi connectivity index (χ1) is 9.60. The molecule has 0 spiro atoms. The predicted molar refractivity (Wildman–Crippen MR) is 82.2 cm³/mol. The van der Waals surface area contributed by atoms with Crippen molar-refractivity contribution in [2.45, 2.75) is 6.92 Å². The Labute approximate surface area is 124 Å². The third kappa shape index (κ3) is 2.04. The summed E-state index contributed by atoms with van der Waals surface area (Å²) in [5, 5.41) is 10.0. The fourth-order valence-electron chi connectivity index (χ4n) is 2.15. The van der Waals surface area contributed by atoms with Crippen molar-refractivity contribution in [3.05, 3.63) is 40.4 Å². The van der Waals surface area contributed by atoms with Crippen molar-refractivity contribution in [1.29, 1.82) is 0 Å². The van der Waals surface area contributed by atoms with Crippen LogP contribution in [0.15, 0.2) is 34.8 Å². The number of aromatic hydroxyl groups is 1. The van der Waals surface area contributed by atoms with Crippen molar-refractivity contribution in [3.8, 4) is 22.9 Å². The molecule has 4 nitrogen and oxygen atoms in total. The minimum absolute atomic E-state index is 0.0710. The second kappa shape index (κ2) is 4.83. The number of fused-ring (bicyclic) bond motifs is 1. The molecule has 0 radical (unpaired) electrons. The summed E-state index contributed by atoms with van der Waals surface area (Å²) in [7, 11) is 1.52. The molecule has 0 bridgehead atoms. The van der Waals surface area contributed by atoms with Gasteiger partial charge < -0.3 is 14.8 Å².